The fourth-order valence-corrected chi connectivity index (χ4v) is 2.33. The molecule has 0 saturated heterocycles. The summed E-state index contributed by atoms with van der Waals surface area (Å²) in [5, 5.41) is 14.8. The number of aliphatic hydroxyl groups excluding tert-OH is 1. The van der Waals surface area contributed by atoms with E-state index in [1.54, 1.807) is 0 Å². The summed E-state index contributed by atoms with van der Waals surface area (Å²) >= 11 is 0. The normalized spacial score (nSPS) is 13.2. The van der Waals surface area contributed by atoms with Gasteiger partial charge in [-0.2, -0.15) is 0 Å². The molecule has 22 heavy (non-hydrogen) atoms. The number of hydrogen-bond acceptors (Lipinski definition) is 3. The van der Waals surface area contributed by atoms with Crippen LogP contribution in [0.2, 0.25) is 0 Å². The van der Waals surface area contributed by atoms with Gasteiger partial charge in [-0.25, -0.2) is 0 Å². The van der Waals surface area contributed by atoms with Gasteiger partial charge in [0.25, 0.3) is 5.91 Å². The van der Waals surface area contributed by atoms with Crippen LogP contribution in [0.4, 0.5) is 5.69 Å². The van der Waals surface area contributed by atoms with E-state index < -0.39 is 18.1 Å². The van der Waals surface area contributed by atoms with Crippen LogP contribution in [0.25, 0.3) is 10.8 Å². The largest absolute Gasteiger partial charge is 0.382 e. The number of amides is 1. The second-order valence-electron chi connectivity index (χ2n) is 5.27. The van der Waals surface area contributed by atoms with Gasteiger partial charge >= 0.3 is 0 Å². The number of aliphatic hydroxyl groups is 1. The molecule has 0 aliphatic heterocycles. The lowest BCUT2D eigenvalue weighted by Crippen LogP contribution is -2.43. The molecule has 1 amide bonds. The van der Waals surface area contributed by atoms with E-state index in [1.165, 1.54) is 0 Å². The van der Waals surface area contributed by atoms with Crippen molar-refractivity contribution in [3.63, 3.8) is 0 Å². The van der Waals surface area contributed by atoms with E-state index in [1.807, 2.05) is 42.5 Å². The molecule has 2 aromatic rings. The molecular weight excluding hydrogens is 300 g/mol. The molecule has 0 heterocycles. The van der Waals surface area contributed by atoms with Crippen molar-refractivity contribution >= 4 is 34.8 Å². The summed E-state index contributed by atoms with van der Waals surface area (Å²) in [5.41, 5.74) is 6.55. The predicted octanol–water partition coefficient (Wildman–Crippen LogP) is 3.08. The quantitative estimate of drug-likeness (QED) is 0.765. The maximum Gasteiger partial charge on any atom is 0.254 e. The van der Waals surface area contributed by atoms with E-state index in [4.69, 9.17) is 5.73 Å². The Kier molecular flexibility index (Phi) is 7.32. The van der Waals surface area contributed by atoms with Crippen LogP contribution in [0.5, 0.6) is 0 Å². The first-order chi connectivity index (χ1) is 10.1. The highest BCUT2D eigenvalue weighted by Crippen LogP contribution is 2.23. The maximum atomic E-state index is 12.1. The zero-order valence-corrected chi connectivity index (χ0v) is 13.5. The fraction of sp³-hybridized carbons (Fsp3) is 0.353. The van der Waals surface area contributed by atoms with Crippen LogP contribution in [0.1, 0.15) is 26.2 Å². The summed E-state index contributed by atoms with van der Waals surface area (Å²) in [6, 6.07) is 12.9. The fourth-order valence-electron chi connectivity index (χ4n) is 2.33. The third-order valence-corrected chi connectivity index (χ3v) is 3.61. The molecule has 4 nitrogen and oxygen atoms in total. The summed E-state index contributed by atoms with van der Waals surface area (Å²) in [7, 11) is 0. The number of nitrogens with one attached hydrogen (secondary N) is 1. The van der Waals surface area contributed by atoms with Crippen molar-refractivity contribution in [2.24, 2.45) is 5.73 Å². The summed E-state index contributed by atoms with van der Waals surface area (Å²) in [5.74, 6) is -0.449. The molecule has 0 aliphatic carbocycles. The summed E-state index contributed by atoms with van der Waals surface area (Å²) in [6.07, 6.45) is 1.35. The van der Waals surface area contributed by atoms with E-state index in [-0.39, 0.29) is 12.4 Å². The molecule has 0 radical (unpaired) electrons. The van der Waals surface area contributed by atoms with Crippen molar-refractivity contribution in [2.45, 2.75) is 38.3 Å². The lowest BCUT2D eigenvalue weighted by molar-refractivity contribution is -0.125. The van der Waals surface area contributed by atoms with Crippen molar-refractivity contribution in [3.05, 3.63) is 42.5 Å². The van der Waals surface area contributed by atoms with E-state index in [2.05, 4.69) is 12.2 Å². The Morgan fingerprint density at radius 2 is 1.91 bits per heavy atom. The highest BCUT2D eigenvalue weighted by Gasteiger charge is 2.22. The lowest BCUT2D eigenvalue weighted by atomic mass is 10.0. The van der Waals surface area contributed by atoms with Crippen LogP contribution in [0.15, 0.2) is 42.5 Å². The topological polar surface area (TPSA) is 75.3 Å². The first-order valence-corrected chi connectivity index (χ1v) is 7.35. The molecule has 2 atom stereocenters. The summed E-state index contributed by atoms with van der Waals surface area (Å²) in [6.45, 7) is 2.05. The first kappa shape index (κ1) is 18.4. The molecule has 0 aliphatic rings. The minimum Gasteiger partial charge on any atom is -0.382 e. The number of nitrogens with two attached hydrogens (primary N) is 1. The van der Waals surface area contributed by atoms with Gasteiger partial charge in [0, 0.05) is 17.1 Å². The Morgan fingerprint density at radius 1 is 1.23 bits per heavy atom. The highest BCUT2D eigenvalue weighted by molar-refractivity contribution is 6.03. The van der Waals surface area contributed by atoms with E-state index in [9.17, 15) is 9.90 Å². The number of halogens is 1. The lowest BCUT2D eigenvalue weighted by Gasteiger charge is -2.18. The molecule has 0 unspecified atom stereocenters. The van der Waals surface area contributed by atoms with Gasteiger partial charge in [-0.05, 0) is 17.9 Å². The van der Waals surface area contributed by atoms with Gasteiger partial charge in [0.2, 0.25) is 0 Å². The zero-order valence-electron chi connectivity index (χ0n) is 12.7. The van der Waals surface area contributed by atoms with Gasteiger partial charge in [-0.1, -0.05) is 56.2 Å². The minimum atomic E-state index is -1.18. The number of benzene rings is 2. The molecule has 0 bridgehead atoms. The summed E-state index contributed by atoms with van der Waals surface area (Å²) in [4.78, 5) is 12.1. The van der Waals surface area contributed by atoms with Crippen molar-refractivity contribution < 1.29 is 9.90 Å². The van der Waals surface area contributed by atoms with Crippen LogP contribution in [-0.2, 0) is 4.79 Å². The van der Waals surface area contributed by atoms with Gasteiger partial charge in [-0.15, -0.1) is 12.4 Å². The van der Waals surface area contributed by atoms with E-state index in [0.717, 1.165) is 23.6 Å². The number of hydrogen-bond donors (Lipinski definition) is 3. The third-order valence-electron chi connectivity index (χ3n) is 3.61. The molecule has 0 saturated carbocycles. The van der Waals surface area contributed by atoms with Crippen LogP contribution in [0.3, 0.4) is 0 Å². The second kappa shape index (κ2) is 8.73. The van der Waals surface area contributed by atoms with Crippen molar-refractivity contribution in [2.75, 3.05) is 5.32 Å². The van der Waals surface area contributed by atoms with Crippen LogP contribution in [-0.4, -0.2) is 23.2 Å². The number of rotatable bonds is 6. The predicted molar refractivity (Wildman–Crippen MR) is 93.3 cm³/mol. The number of unbranched alkanes of at least 4 members (excludes halogenated alkanes) is 1. The Bertz CT molecular complexity index is 613. The minimum absolute atomic E-state index is 0. The average molecular weight is 323 g/mol. The van der Waals surface area contributed by atoms with Gasteiger partial charge in [0.1, 0.15) is 6.10 Å². The molecule has 2 rings (SSSR count). The monoisotopic (exact) mass is 322 g/mol. The van der Waals surface area contributed by atoms with Gasteiger partial charge in [0.15, 0.2) is 0 Å². The Labute approximate surface area is 137 Å². The van der Waals surface area contributed by atoms with Crippen LogP contribution in [0, 0.1) is 0 Å². The number of anilines is 1. The van der Waals surface area contributed by atoms with Gasteiger partial charge in [0.05, 0.1) is 0 Å². The number of carbonyl (C=O) groups is 1. The van der Waals surface area contributed by atoms with Crippen LogP contribution < -0.4 is 11.1 Å². The molecule has 120 valence electrons. The van der Waals surface area contributed by atoms with Gasteiger partial charge in [-0.3, -0.25) is 4.79 Å². The standard InChI is InChI=1S/C17H22N2O2.ClH/c1-2-3-10-14(18)16(20)17(21)19-15-11-6-8-12-7-4-5-9-13(12)15;/h4-9,11,14,16,20H,2-3,10,18H2,1H3,(H,19,21);1H/t14-,16+;/m1./s1. The van der Waals surface area contributed by atoms with E-state index >= 15 is 0 Å². The molecule has 0 fully saturated rings. The SMILES string of the molecule is CCCC[C@@H](N)[C@H](O)C(=O)Nc1cccc2ccccc12.Cl. The van der Waals surface area contributed by atoms with Crippen LogP contribution >= 0.6 is 12.4 Å². The van der Waals surface area contributed by atoms with Gasteiger partial charge < -0.3 is 16.2 Å². The summed E-state index contributed by atoms with van der Waals surface area (Å²) < 4.78 is 0. The number of carbonyl (C=O) groups excluding carboxylic acids is 1. The van der Waals surface area contributed by atoms with Crippen molar-refractivity contribution in [1.82, 2.24) is 0 Å². The van der Waals surface area contributed by atoms with Crippen molar-refractivity contribution in [3.8, 4) is 0 Å². The molecule has 0 spiro atoms. The molecule has 5 heteroatoms. The second-order valence-corrected chi connectivity index (χ2v) is 5.27. The third kappa shape index (κ3) is 4.44. The van der Waals surface area contributed by atoms with E-state index in [0.29, 0.717) is 12.1 Å². The molecule has 4 N–H and O–H groups in total. The average Bonchev–Trinajstić information content (AvgIpc) is 2.52. The molecular formula is C17H23ClN2O2. The first-order valence-electron chi connectivity index (χ1n) is 7.35. The van der Waals surface area contributed by atoms with Crippen molar-refractivity contribution in [1.29, 1.82) is 0 Å². The highest BCUT2D eigenvalue weighted by atomic mass is 35.5. The molecule has 0 aromatic heterocycles. The number of fused-ring (bicyclic) bond motifs is 1. The molecule has 2 aromatic carbocycles. The maximum absolute atomic E-state index is 12.1. The zero-order chi connectivity index (χ0) is 15.2. The Hall–Kier alpha value is -1.62. The smallest absolute Gasteiger partial charge is 0.254 e. The Balaban J connectivity index is 0.00000242. The Morgan fingerprint density at radius 3 is 2.64 bits per heavy atom.